The minimum Gasteiger partial charge on any atom is -0.759 e. The SMILES string of the molecule is C[C@H]1C[C@@H](NNS(=O)[O-])CN(c2ccc(C(F)(F)F)c3ncccc23)C1. The van der Waals surface area contributed by atoms with E-state index in [-0.39, 0.29) is 17.5 Å². The highest BCUT2D eigenvalue weighted by Gasteiger charge is 2.34. The van der Waals surface area contributed by atoms with Gasteiger partial charge in [-0.15, -0.1) is 0 Å². The van der Waals surface area contributed by atoms with Gasteiger partial charge in [-0.2, -0.15) is 18.0 Å². The van der Waals surface area contributed by atoms with E-state index in [2.05, 4.69) is 15.2 Å². The highest BCUT2D eigenvalue weighted by Crippen LogP contribution is 2.38. The van der Waals surface area contributed by atoms with E-state index < -0.39 is 23.0 Å². The zero-order valence-electron chi connectivity index (χ0n) is 13.9. The smallest absolute Gasteiger partial charge is 0.418 e. The van der Waals surface area contributed by atoms with Gasteiger partial charge in [0.1, 0.15) is 0 Å². The molecule has 0 bridgehead atoms. The van der Waals surface area contributed by atoms with Gasteiger partial charge in [0.25, 0.3) is 0 Å². The lowest BCUT2D eigenvalue weighted by Gasteiger charge is -2.39. The van der Waals surface area contributed by atoms with Crippen molar-refractivity contribution in [3.05, 3.63) is 36.0 Å². The minimum atomic E-state index is -4.48. The van der Waals surface area contributed by atoms with Crippen LogP contribution >= 0.6 is 0 Å². The maximum absolute atomic E-state index is 13.3. The van der Waals surface area contributed by atoms with Crippen LogP contribution in [0.25, 0.3) is 10.9 Å². The quantitative estimate of drug-likeness (QED) is 0.622. The van der Waals surface area contributed by atoms with Crippen LogP contribution in [-0.2, 0) is 17.4 Å². The molecule has 3 atom stereocenters. The fraction of sp³-hybridized carbons (Fsp3) is 0.438. The van der Waals surface area contributed by atoms with Gasteiger partial charge in [-0.25, -0.2) is 5.43 Å². The largest absolute Gasteiger partial charge is 0.759 e. The van der Waals surface area contributed by atoms with Crippen LogP contribution in [-0.4, -0.2) is 32.9 Å². The Labute approximate surface area is 151 Å². The molecule has 0 radical (unpaired) electrons. The topological polar surface area (TPSA) is 80.3 Å². The van der Waals surface area contributed by atoms with Crippen molar-refractivity contribution in [2.24, 2.45) is 5.92 Å². The average molecular weight is 387 g/mol. The monoisotopic (exact) mass is 387 g/mol. The first kappa shape index (κ1) is 19.0. The zero-order chi connectivity index (χ0) is 18.9. The summed E-state index contributed by atoms with van der Waals surface area (Å²) in [5.74, 6) is 0.233. The van der Waals surface area contributed by atoms with Gasteiger partial charge in [0, 0.05) is 47.7 Å². The number of anilines is 1. The maximum Gasteiger partial charge on any atom is 0.418 e. The van der Waals surface area contributed by atoms with Crippen molar-refractivity contribution in [1.82, 2.24) is 15.2 Å². The molecule has 2 N–H and O–H groups in total. The van der Waals surface area contributed by atoms with E-state index in [9.17, 15) is 21.9 Å². The molecular weight excluding hydrogens is 369 g/mol. The van der Waals surface area contributed by atoms with Crippen LogP contribution in [0.3, 0.4) is 0 Å². The number of hydrogen-bond acceptors (Lipinski definition) is 5. The zero-order valence-corrected chi connectivity index (χ0v) is 14.7. The number of hydrazine groups is 1. The molecule has 0 saturated carbocycles. The number of alkyl halides is 3. The molecule has 0 amide bonds. The summed E-state index contributed by atoms with van der Waals surface area (Å²) < 4.78 is 61.1. The third kappa shape index (κ3) is 4.14. The van der Waals surface area contributed by atoms with Gasteiger partial charge in [0.2, 0.25) is 0 Å². The van der Waals surface area contributed by atoms with Crippen molar-refractivity contribution in [2.45, 2.75) is 25.6 Å². The van der Waals surface area contributed by atoms with Gasteiger partial charge in [0.05, 0.1) is 11.1 Å². The number of nitrogens with zero attached hydrogens (tertiary/aromatic N) is 2. The number of nitrogens with one attached hydrogen (secondary N) is 2. The first-order valence-electron chi connectivity index (χ1n) is 8.06. The molecule has 0 spiro atoms. The average Bonchev–Trinajstić information content (AvgIpc) is 2.57. The minimum absolute atomic E-state index is 0.0842. The molecule has 1 aliphatic rings. The molecule has 1 saturated heterocycles. The Morgan fingerprint density at radius 3 is 2.77 bits per heavy atom. The van der Waals surface area contributed by atoms with E-state index in [0.29, 0.717) is 24.2 Å². The highest BCUT2D eigenvalue weighted by atomic mass is 32.2. The third-order valence-electron chi connectivity index (χ3n) is 4.40. The molecule has 3 rings (SSSR count). The summed E-state index contributed by atoms with van der Waals surface area (Å²) in [6.07, 6.45) is -2.39. The number of fused-ring (bicyclic) bond motifs is 1. The summed E-state index contributed by atoms with van der Waals surface area (Å²) in [6.45, 7) is 3.14. The summed E-state index contributed by atoms with van der Waals surface area (Å²) in [5, 5.41) is 0.426. The number of aromatic nitrogens is 1. The van der Waals surface area contributed by atoms with Gasteiger partial charge < -0.3 is 9.45 Å². The van der Waals surface area contributed by atoms with Crippen molar-refractivity contribution >= 4 is 27.9 Å². The van der Waals surface area contributed by atoms with E-state index in [1.807, 2.05) is 11.8 Å². The molecule has 1 aromatic carbocycles. The fourth-order valence-electron chi connectivity index (χ4n) is 3.45. The van der Waals surface area contributed by atoms with Crippen LogP contribution in [0, 0.1) is 5.92 Å². The number of hydrogen-bond donors (Lipinski definition) is 2. The van der Waals surface area contributed by atoms with E-state index in [1.165, 1.54) is 12.3 Å². The predicted octanol–water partition coefficient (Wildman–Crippen LogP) is 2.36. The van der Waals surface area contributed by atoms with Gasteiger partial charge in [-0.05, 0) is 36.6 Å². The molecule has 2 heterocycles. The Kier molecular flexibility index (Phi) is 5.47. The number of piperidine rings is 1. The molecule has 6 nitrogen and oxygen atoms in total. The van der Waals surface area contributed by atoms with Crippen molar-refractivity contribution < 1.29 is 21.9 Å². The van der Waals surface area contributed by atoms with E-state index in [0.717, 1.165) is 12.5 Å². The Morgan fingerprint density at radius 1 is 1.31 bits per heavy atom. The normalized spacial score (nSPS) is 22.6. The van der Waals surface area contributed by atoms with Gasteiger partial charge in [0.15, 0.2) is 0 Å². The van der Waals surface area contributed by atoms with E-state index in [4.69, 9.17) is 0 Å². The molecule has 26 heavy (non-hydrogen) atoms. The summed E-state index contributed by atoms with van der Waals surface area (Å²) in [5.41, 5.74) is 2.54. The molecule has 2 aromatic rings. The number of rotatable bonds is 4. The molecular formula is C16H18F3N4O2S-. The Balaban J connectivity index is 1.96. The molecule has 1 aromatic heterocycles. The van der Waals surface area contributed by atoms with Gasteiger partial charge in [-0.1, -0.05) is 6.92 Å². The lowest BCUT2D eigenvalue weighted by atomic mass is 9.95. The lowest BCUT2D eigenvalue weighted by molar-refractivity contribution is -0.136. The highest BCUT2D eigenvalue weighted by molar-refractivity contribution is 7.76. The van der Waals surface area contributed by atoms with Gasteiger partial charge in [-0.3, -0.25) is 9.19 Å². The Morgan fingerprint density at radius 2 is 2.08 bits per heavy atom. The van der Waals surface area contributed by atoms with Gasteiger partial charge >= 0.3 is 6.18 Å². The van der Waals surface area contributed by atoms with Crippen LogP contribution in [0.1, 0.15) is 18.9 Å². The summed E-state index contributed by atoms with van der Waals surface area (Å²) in [6, 6.07) is 5.58. The molecule has 10 heteroatoms. The van der Waals surface area contributed by atoms with Crippen molar-refractivity contribution in [1.29, 1.82) is 0 Å². The van der Waals surface area contributed by atoms with Crippen LogP contribution in [0.15, 0.2) is 30.5 Å². The first-order chi connectivity index (χ1) is 12.3. The van der Waals surface area contributed by atoms with Crippen molar-refractivity contribution in [3.8, 4) is 0 Å². The number of benzene rings is 1. The number of pyridine rings is 1. The Bertz CT molecular complexity index is 818. The molecule has 1 aliphatic heterocycles. The summed E-state index contributed by atoms with van der Waals surface area (Å²) in [4.78, 5) is 8.06. The first-order valence-corrected chi connectivity index (χ1v) is 9.13. The van der Waals surface area contributed by atoms with E-state index in [1.54, 1.807) is 12.1 Å². The molecule has 0 aliphatic carbocycles. The standard InChI is InChI=1S/C16H19F3N4O2S/c1-10-7-11(21-22-26(24)25)9-23(8-10)14-5-4-13(16(17,18)19)15-12(14)3-2-6-20-15/h2-6,10-11,21-22H,7-9H2,1H3,(H,24,25)/p-1/t10-,11+/m0/s1. The van der Waals surface area contributed by atoms with Crippen LogP contribution in [0.5, 0.6) is 0 Å². The summed E-state index contributed by atoms with van der Waals surface area (Å²) in [7, 11) is 0. The van der Waals surface area contributed by atoms with Crippen molar-refractivity contribution in [2.75, 3.05) is 18.0 Å². The van der Waals surface area contributed by atoms with Crippen LogP contribution < -0.4 is 15.2 Å². The van der Waals surface area contributed by atoms with E-state index >= 15 is 0 Å². The second kappa shape index (κ2) is 7.47. The lowest BCUT2D eigenvalue weighted by Crippen LogP contribution is -2.53. The maximum atomic E-state index is 13.3. The third-order valence-corrected chi connectivity index (χ3v) is 4.68. The number of halogens is 3. The molecule has 1 fully saturated rings. The second-order valence-corrected chi connectivity index (χ2v) is 7.13. The molecule has 142 valence electrons. The van der Waals surface area contributed by atoms with Crippen LogP contribution in [0.4, 0.5) is 18.9 Å². The predicted molar refractivity (Wildman–Crippen MR) is 91.7 cm³/mol. The molecule has 1 unspecified atom stereocenters. The fourth-order valence-corrected chi connectivity index (χ4v) is 3.71. The Hall–Kier alpha value is -1.75. The van der Waals surface area contributed by atoms with Crippen LogP contribution in [0.2, 0.25) is 0 Å². The van der Waals surface area contributed by atoms with Crippen molar-refractivity contribution in [3.63, 3.8) is 0 Å². The second-order valence-electron chi connectivity index (χ2n) is 6.45. The summed E-state index contributed by atoms with van der Waals surface area (Å²) >= 11 is -2.43.